The van der Waals surface area contributed by atoms with Gasteiger partial charge in [-0.05, 0) is 35.2 Å². The van der Waals surface area contributed by atoms with Crippen LogP contribution in [0.4, 0.5) is 10.5 Å². The average molecular weight is 381 g/mol. The summed E-state index contributed by atoms with van der Waals surface area (Å²) in [4.78, 5) is 14.5. The molecule has 0 saturated carbocycles. The number of aliphatic hydroxyl groups excluding tert-OH is 1. The second-order valence-corrected chi connectivity index (χ2v) is 7.77. The minimum absolute atomic E-state index is 0.0254. The number of aliphatic hydroxyl groups is 1. The van der Waals surface area contributed by atoms with E-state index < -0.39 is 6.10 Å². The quantitative estimate of drug-likeness (QED) is 0.752. The van der Waals surface area contributed by atoms with Crippen molar-refractivity contribution >= 4 is 11.7 Å². The van der Waals surface area contributed by atoms with Crippen LogP contribution in [0, 0.1) is 16.7 Å². The number of amides is 2. The van der Waals surface area contributed by atoms with E-state index in [0.717, 1.165) is 5.56 Å². The maximum absolute atomic E-state index is 12.8. The van der Waals surface area contributed by atoms with Crippen LogP contribution in [0.15, 0.2) is 54.6 Å². The van der Waals surface area contributed by atoms with E-state index in [1.54, 1.807) is 29.2 Å². The summed E-state index contributed by atoms with van der Waals surface area (Å²) in [5.41, 5.74) is 1.26. The minimum atomic E-state index is -0.768. The summed E-state index contributed by atoms with van der Waals surface area (Å²) in [6.07, 6.45) is -0.768. The number of hydrogen-bond donors (Lipinski definition) is 2. The number of carbonyl (C=O) groups excluding carboxylic acids is 1. The molecule has 6 heteroatoms. The summed E-state index contributed by atoms with van der Waals surface area (Å²) in [7, 11) is 0. The molecule has 1 atom stereocenters. The Bertz CT molecular complexity index is 793. The average Bonchev–Trinajstić information content (AvgIpc) is 2.66. The molecule has 0 heterocycles. The predicted octanol–water partition coefficient (Wildman–Crippen LogP) is 4.20. The van der Waals surface area contributed by atoms with E-state index in [2.05, 4.69) is 5.32 Å². The fourth-order valence-corrected chi connectivity index (χ4v) is 2.73. The summed E-state index contributed by atoms with van der Waals surface area (Å²) in [6, 6.07) is 17.8. The van der Waals surface area contributed by atoms with E-state index in [-0.39, 0.29) is 24.6 Å². The Morgan fingerprint density at radius 2 is 1.82 bits per heavy atom. The molecule has 2 N–H and O–H groups in total. The van der Waals surface area contributed by atoms with Crippen LogP contribution < -0.4 is 10.1 Å². The normalized spacial score (nSPS) is 12.0. The van der Waals surface area contributed by atoms with Gasteiger partial charge in [-0.1, -0.05) is 51.1 Å². The van der Waals surface area contributed by atoms with Crippen molar-refractivity contribution < 1.29 is 14.6 Å². The summed E-state index contributed by atoms with van der Waals surface area (Å²) in [6.45, 7) is 6.79. The SMILES string of the molecule is CC(C)(C)CN(C[C@H](O)c1ccccc1)C(=O)Nc1ccc(OCC#N)cc1. The van der Waals surface area contributed by atoms with Gasteiger partial charge in [-0.15, -0.1) is 0 Å². The number of nitrogens with one attached hydrogen (secondary N) is 1. The fraction of sp³-hybridized carbons (Fsp3) is 0.364. The number of urea groups is 1. The third-order valence-electron chi connectivity index (χ3n) is 3.94. The maximum atomic E-state index is 12.8. The van der Waals surface area contributed by atoms with E-state index in [1.807, 2.05) is 57.2 Å². The lowest BCUT2D eigenvalue weighted by atomic mass is 9.95. The molecular formula is C22H27N3O3. The highest BCUT2D eigenvalue weighted by Gasteiger charge is 2.24. The van der Waals surface area contributed by atoms with Crippen molar-refractivity contribution in [1.82, 2.24) is 4.90 Å². The first kappa shape index (κ1) is 21.3. The molecule has 0 bridgehead atoms. The Morgan fingerprint density at radius 1 is 1.18 bits per heavy atom. The molecule has 0 fully saturated rings. The summed E-state index contributed by atoms with van der Waals surface area (Å²) in [5.74, 6) is 0.561. The van der Waals surface area contributed by atoms with Gasteiger partial charge in [-0.25, -0.2) is 4.79 Å². The maximum Gasteiger partial charge on any atom is 0.321 e. The van der Waals surface area contributed by atoms with Crippen molar-refractivity contribution in [2.45, 2.75) is 26.9 Å². The molecule has 0 radical (unpaired) electrons. The molecule has 0 unspecified atom stereocenters. The Balaban J connectivity index is 2.07. The van der Waals surface area contributed by atoms with Crippen molar-refractivity contribution in [1.29, 1.82) is 5.26 Å². The number of benzene rings is 2. The predicted molar refractivity (Wildman–Crippen MR) is 109 cm³/mol. The third-order valence-corrected chi connectivity index (χ3v) is 3.94. The highest BCUT2D eigenvalue weighted by Crippen LogP contribution is 2.21. The zero-order chi connectivity index (χ0) is 20.6. The van der Waals surface area contributed by atoms with Crippen LogP contribution in [0.5, 0.6) is 5.75 Å². The summed E-state index contributed by atoms with van der Waals surface area (Å²) >= 11 is 0. The molecule has 6 nitrogen and oxygen atoms in total. The van der Waals surface area contributed by atoms with Crippen molar-refractivity contribution in [3.63, 3.8) is 0 Å². The smallest absolute Gasteiger partial charge is 0.321 e. The first-order valence-electron chi connectivity index (χ1n) is 9.17. The van der Waals surface area contributed by atoms with Crippen molar-refractivity contribution in [3.05, 3.63) is 60.2 Å². The fourth-order valence-electron chi connectivity index (χ4n) is 2.73. The molecular weight excluding hydrogens is 354 g/mol. The zero-order valence-electron chi connectivity index (χ0n) is 16.6. The molecule has 0 aliphatic carbocycles. The van der Waals surface area contributed by atoms with Crippen LogP contribution in [0.3, 0.4) is 0 Å². The molecule has 0 spiro atoms. The van der Waals surface area contributed by atoms with Crippen molar-refractivity contribution in [2.24, 2.45) is 5.41 Å². The summed E-state index contributed by atoms with van der Waals surface area (Å²) in [5, 5.41) is 22.0. The van der Waals surface area contributed by atoms with Crippen molar-refractivity contribution in [3.8, 4) is 11.8 Å². The van der Waals surface area contributed by atoms with Crippen LogP contribution in [-0.4, -0.2) is 35.7 Å². The Hall–Kier alpha value is -3.04. The van der Waals surface area contributed by atoms with Gasteiger partial charge in [-0.2, -0.15) is 5.26 Å². The van der Waals surface area contributed by atoms with Gasteiger partial charge in [-0.3, -0.25) is 0 Å². The molecule has 148 valence electrons. The van der Waals surface area contributed by atoms with Gasteiger partial charge < -0.3 is 20.1 Å². The largest absolute Gasteiger partial charge is 0.479 e. The second kappa shape index (κ2) is 9.77. The number of hydrogen-bond acceptors (Lipinski definition) is 4. The van der Waals surface area contributed by atoms with E-state index in [0.29, 0.717) is 18.0 Å². The highest BCUT2D eigenvalue weighted by atomic mass is 16.5. The number of anilines is 1. The number of ether oxygens (including phenoxy) is 1. The van der Waals surface area contributed by atoms with Crippen LogP contribution in [0.2, 0.25) is 0 Å². The van der Waals surface area contributed by atoms with Crippen LogP contribution in [0.25, 0.3) is 0 Å². The number of carbonyl (C=O) groups is 1. The van der Waals surface area contributed by atoms with Gasteiger partial charge in [0.25, 0.3) is 0 Å². The van der Waals surface area contributed by atoms with Gasteiger partial charge in [0.2, 0.25) is 0 Å². The molecule has 0 aliphatic rings. The van der Waals surface area contributed by atoms with Gasteiger partial charge in [0.05, 0.1) is 12.6 Å². The lowest BCUT2D eigenvalue weighted by Crippen LogP contribution is -2.42. The summed E-state index contributed by atoms with van der Waals surface area (Å²) < 4.78 is 5.21. The van der Waals surface area contributed by atoms with Crippen molar-refractivity contribution in [2.75, 3.05) is 25.0 Å². The third kappa shape index (κ3) is 6.93. The molecule has 2 aromatic carbocycles. The molecule has 0 aromatic heterocycles. The van der Waals surface area contributed by atoms with Gasteiger partial charge in [0.1, 0.15) is 11.8 Å². The Morgan fingerprint density at radius 3 is 2.39 bits per heavy atom. The molecule has 0 aliphatic heterocycles. The van der Waals surface area contributed by atoms with Crippen LogP contribution in [0.1, 0.15) is 32.4 Å². The lowest BCUT2D eigenvalue weighted by Gasteiger charge is -2.31. The molecule has 2 rings (SSSR count). The van der Waals surface area contributed by atoms with E-state index >= 15 is 0 Å². The molecule has 28 heavy (non-hydrogen) atoms. The van der Waals surface area contributed by atoms with Crippen LogP contribution in [-0.2, 0) is 0 Å². The number of rotatable bonds is 7. The van der Waals surface area contributed by atoms with Gasteiger partial charge in [0.15, 0.2) is 6.61 Å². The highest BCUT2D eigenvalue weighted by molar-refractivity contribution is 5.89. The number of nitriles is 1. The van der Waals surface area contributed by atoms with E-state index in [9.17, 15) is 9.90 Å². The minimum Gasteiger partial charge on any atom is -0.479 e. The van der Waals surface area contributed by atoms with Crippen LogP contribution >= 0.6 is 0 Å². The zero-order valence-corrected chi connectivity index (χ0v) is 16.6. The molecule has 2 aromatic rings. The number of nitrogens with zero attached hydrogens (tertiary/aromatic N) is 2. The topological polar surface area (TPSA) is 85.6 Å². The lowest BCUT2D eigenvalue weighted by molar-refractivity contribution is 0.110. The van der Waals surface area contributed by atoms with Gasteiger partial charge in [0, 0.05) is 12.2 Å². The van der Waals surface area contributed by atoms with E-state index in [1.165, 1.54) is 0 Å². The first-order chi connectivity index (χ1) is 13.3. The van der Waals surface area contributed by atoms with Gasteiger partial charge >= 0.3 is 6.03 Å². The standard InChI is InChI=1S/C22H27N3O3/c1-22(2,3)16-25(15-20(26)17-7-5-4-6-8-17)21(27)24-18-9-11-19(12-10-18)28-14-13-23/h4-12,20,26H,14-16H2,1-3H3,(H,24,27)/t20-/m0/s1. The Kier molecular flexibility index (Phi) is 7.42. The monoisotopic (exact) mass is 381 g/mol. The Labute approximate surface area is 166 Å². The molecule has 2 amide bonds. The molecule has 0 saturated heterocycles. The second-order valence-electron chi connectivity index (χ2n) is 7.77. The first-order valence-corrected chi connectivity index (χ1v) is 9.17. The van der Waals surface area contributed by atoms with E-state index in [4.69, 9.17) is 10.00 Å².